The summed E-state index contributed by atoms with van der Waals surface area (Å²) in [5.74, 6) is 1.28. The van der Waals surface area contributed by atoms with Crippen LogP contribution >= 0.6 is 11.3 Å². The van der Waals surface area contributed by atoms with Crippen molar-refractivity contribution in [1.82, 2.24) is 4.98 Å². The van der Waals surface area contributed by atoms with E-state index < -0.39 is 0 Å². The molecule has 0 spiro atoms. The van der Waals surface area contributed by atoms with Gasteiger partial charge in [-0.15, -0.1) is 11.3 Å². The molecule has 0 saturated carbocycles. The standard InChI is InChI=1S/C22H16N2O3S/c25-21(10-14-5-8-19-20(9-14)27-13-26-19)24-22-23-18(12-28-22)17-7-6-15-3-1-2-4-16(15)11-17/h1-9,11-12H,10,13H2,(H,23,24,25). The molecule has 138 valence electrons. The number of benzene rings is 3. The van der Waals surface area contributed by atoms with Crippen molar-refractivity contribution < 1.29 is 14.3 Å². The Morgan fingerprint density at radius 1 is 1.00 bits per heavy atom. The van der Waals surface area contributed by atoms with Crippen LogP contribution in [0.4, 0.5) is 5.13 Å². The van der Waals surface area contributed by atoms with Gasteiger partial charge in [-0.2, -0.15) is 0 Å². The number of nitrogens with one attached hydrogen (secondary N) is 1. The van der Waals surface area contributed by atoms with Crippen LogP contribution < -0.4 is 14.8 Å². The van der Waals surface area contributed by atoms with Gasteiger partial charge in [-0.3, -0.25) is 4.79 Å². The average Bonchev–Trinajstić information content (AvgIpc) is 3.36. The van der Waals surface area contributed by atoms with E-state index in [1.54, 1.807) is 0 Å². The zero-order valence-electron chi connectivity index (χ0n) is 14.8. The molecule has 1 amide bonds. The summed E-state index contributed by atoms with van der Waals surface area (Å²) in [6, 6.07) is 20.0. The Morgan fingerprint density at radius 2 is 1.86 bits per heavy atom. The van der Waals surface area contributed by atoms with Crippen LogP contribution in [0.15, 0.2) is 66.0 Å². The lowest BCUT2D eigenvalue weighted by molar-refractivity contribution is -0.115. The van der Waals surface area contributed by atoms with Gasteiger partial charge in [0.25, 0.3) is 0 Å². The number of fused-ring (bicyclic) bond motifs is 2. The minimum atomic E-state index is -0.113. The molecule has 0 saturated heterocycles. The molecule has 5 nitrogen and oxygen atoms in total. The summed E-state index contributed by atoms with van der Waals surface area (Å²) in [6.07, 6.45) is 0.252. The van der Waals surface area contributed by atoms with E-state index in [1.165, 1.54) is 22.1 Å². The predicted molar refractivity (Wildman–Crippen MR) is 110 cm³/mol. The van der Waals surface area contributed by atoms with E-state index in [0.29, 0.717) is 16.6 Å². The van der Waals surface area contributed by atoms with Gasteiger partial charge in [0, 0.05) is 10.9 Å². The molecule has 3 aromatic carbocycles. The van der Waals surface area contributed by atoms with E-state index >= 15 is 0 Å². The van der Waals surface area contributed by atoms with Crippen molar-refractivity contribution in [1.29, 1.82) is 0 Å². The first-order valence-corrected chi connectivity index (χ1v) is 9.76. The number of carbonyl (C=O) groups is 1. The first-order chi connectivity index (χ1) is 13.7. The average molecular weight is 388 g/mol. The van der Waals surface area contributed by atoms with Gasteiger partial charge in [-0.25, -0.2) is 4.98 Å². The summed E-state index contributed by atoms with van der Waals surface area (Å²) in [5.41, 5.74) is 2.76. The molecular formula is C22H16N2O3S. The quantitative estimate of drug-likeness (QED) is 0.542. The van der Waals surface area contributed by atoms with Crippen LogP contribution in [0.3, 0.4) is 0 Å². The van der Waals surface area contributed by atoms with E-state index in [4.69, 9.17) is 9.47 Å². The van der Waals surface area contributed by atoms with Crippen molar-refractivity contribution in [3.8, 4) is 22.8 Å². The molecule has 5 rings (SSSR count). The highest BCUT2D eigenvalue weighted by Gasteiger charge is 2.15. The van der Waals surface area contributed by atoms with Gasteiger partial charge in [-0.05, 0) is 34.5 Å². The highest BCUT2D eigenvalue weighted by atomic mass is 32.1. The number of amides is 1. The molecule has 1 aliphatic rings. The minimum absolute atomic E-state index is 0.113. The summed E-state index contributed by atoms with van der Waals surface area (Å²) >= 11 is 1.42. The van der Waals surface area contributed by atoms with E-state index in [2.05, 4.69) is 40.6 Å². The van der Waals surface area contributed by atoms with Crippen LogP contribution in [0.1, 0.15) is 5.56 Å². The number of hydrogen-bond acceptors (Lipinski definition) is 5. The number of carbonyl (C=O) groups excluding carboxylic acids is 1. The Bertz CT molecular complexity index is 1190. The second-order valence-electron chi connectivity index (χ2n) is 6.51. The molecule has 0 bridgehead atoms. The third-order valence-corrected chi connectivity index (χ3v) is 5.36. The summed E-state index contributed by atoms with van der Waals surface area (Å²) in [5, 5.41) is 7.79. The largest absolute Gasteiger partial charge is 0.454 e. The molecule has 6 heteroatoms. The van der Waals surface area contributed by atoms with E-state index in [9.17, 15) is 4.79 Å². The molecule has 0 fully saturated rings. The number of nitrogens with zero attached hydrogens (tertiary/aromatic N) is 1. The van der Waals surface area contributed by atoms with Crippen molar-refractivity contribution in [3.05, 3.63) is 71.6 Å². The summed E-state index contributed by atoms with van der Waals surface area (Å²) in [7, 11) is 0. The molecule has 0 unspecified atom stereocenters. The molecule has 0 radical (unpaired) electrons. The number of aromatic nitrogens is 1. The van der Waals surface area contributed by atoms with Crippen molar-refractivity contribution in [2.24, 2.45) is 0 Å². The first-order valence-electron chi connectivity index (χ1n) is 8.88. The predicted octanol–water partition coefficient (Wildman–Crippen LogP) is 4.87. The fourth-order valence-electron chi connectivity index (χ4n) is 3.21. The Hall–Kier alpha value is -3.38. The third-order valence-electron chi connectivity index (χ3n) is 4.60. The second kappa shape index (κ2) is 6.98. The van der Waals surface area contributed by atoms with Gasteiger partial charge in [0.15, 0.2) is 16.6 Å². The van der Waals surface area contributed by atoms with Gasteiger partial charge in [-0.1, -0.05) is 42.5 Å². The molecule has 4 aromatic rings. The van der Waals surface area contributed by atoms with Crippen molar-refractivity contribution >= 4 is 33.1 Å². The molecule has 1 aliphatic heterocycles. The van der Waals surface area contributed by atoms with Crippen molar-refractivity contribution in [2.45, 2.75) is 6.42 Å². The van der Waals surface area contributed by atoms with Crippen LogP contribution in [-0.4, -0.2) is 17.7 Å². The molecule has 2 heterocycles. The number of ether oxygens (including phenoxy) is 2. The number of hydrogen-bond donors (Lipinski definition) is 1. The Morgan fingerprint density at radius 3 is 2.79 bits per heavy atom. The van der Waals surface area contributed by atoms with E-state index in [-0.39, 0.29) is 19.1 Å². The van der Waals surface area contributed by atoms with Crippen LogP contribution in [0.25, 0.3) is 22.0 Å². The Balaban J connectivity index is 1.29. The van der Waals surface area contributed by atoms with Crippen molar-refractivity contribution in [3.63, 3.8) is 0 Å². The second-order valence-corrected chi connectivity index (χ2v) is 7.37. The van der Waals surface area contributed by atoms with Gasteiger partial charge in [0.05, 0.1) is 12.1 Å². The normalized spacial score (nSPS) is 12.3. The maximum atomic E-state index is 12.4. The fraction of sp³-hybridized carbons (Fsp3) is 0.0909. The van der Waals surface area contributed by atoms with Gasteiger partial charge in [0.2, 0.25) is 12.7 Å². The maximum absolute atomic E-state index is 12.4. The highest BCUT2D eigenvalue weighted by Crippen LogP contribution is 2.33. The van der Waals surface area contributed by atoms with Gasteiger partial charge < -0.3 is 14.8 Å². The van der Waals surface area contributed by atoms with Gasteiger partial charge in [0.1, 0.15) is 0 Å². The van der Waals surface area contributed by atoms with Crippen molar-refractivity contribution in [2.75, 3.05) is 12.1 Å². The van der Waals surface area contributed by atoms with Crippen LogP contribution in [0.2, 0.25) is 0 Å². The highest BCUT2D eigenvalue weighted by molar-refractivity contribution is 7.14. The lowest BCUT2D eigenvalue weighted by atomic mass is 10.1. The number of anilines is 1. The zero-order valence-corrected chi connectivity index (χ0v) is 15.7. The zero-order chi connectivity index (χ0) is 18.9. The van der Waals surface area contributed by atoms with Crippen LogP contribution in [-0.2, 0) is 11.2 Å². The Labute approximate surface area is 165 Å². The molecule has 0 aliphatic carbocycles. The minimum Gasteiger partial charge on any atom is -0.454 e. The fourth-order valence-corrected chi connectivity index (χ4v) is 3.95. The SMILES string of the molecule is O=C(Cc1ccc2c(c1)OCO2)Nc1nc(-c2ccc3ccccc3c2)cs1. The summed E-state index contributed by atoms with van der Waals surface area (Å²) < 4.78 is 10.7. The van der Waals surface area contributed by atoms with E-state index in [1.807, 2.05) is 35.7 Å². The molecular weight excluding hydrogens is 372 g/mol. The lowest BCUT2D eigenvalue weighted by Gasteiger charge is -2.04. The number of rotatable bonds is 4. The molecule has 1 N–H and O–H groups in total. The third kappa shape index (κ3) is 3.30. The van der Waals surface area contributed by atoms with Crippen LogP contribution in [0.5, 0.6) is 11.5 Å². The monoisotopic (exact) mass is 388 g/mol. The van der Waals surface area contributed by atoms with E-state index in [0.717, 1.165) is 16.8 Å². The Kier molecular flexibility index (Phi) is 4.18. The summed E-state index contributed by atoms with van der Waals surface area (Å²) in [4.78, 5) is 17.0. The first kappa shape index (κ1) is 16.8. The topological polar surface area (TPSA) is 60.5 Å². The van der Waals surface area contributed by atoms with Gasteiger partial charge >= 0.3 is 0 Å². The number of thiazole rings is 1. The molecule has 28 heavy (non-hydrogen) atoms. The van der Waals surface area contributed by atoms with Crippen LogP contribution in [0, 0.1) is 0 Å². The smallest absolute Gasteiger partial charge is 0.231 e. The molecule has 0 atom stereocenters. The summed E-state index contributed by atoms with van der Waals surface area (Å²) in [6.45, 7) is 0.224. The maximum Gasteiger partial charge on any atom is 0.231 e. The molecule has 1 aromatic heterocycles. The lowest BCUT2D eigenvalue weighted by Crippen LogP contribution is -2.14.